The summed E-state index contributed by atoms with van der Waals surface area (Å²) in [6.45, 7) is 8.61. The van der Waals surface area contributed by atoms with Crippen LogP contribution < -0.4 is 5.32 Å². The predicted octanol–water partition coefficient (Wildman–Crippen LogP) is 3.21. The second-order valence-electron chi connectivity index (χ2n) is 7.41. The van der Waals surface area contributed by atoms with Crippen LogP contribution in [0.5, 0.6) is 0 Å². The molecule has 3 atom stereocenters. The summed E-state index contributed by atoms with van der Waals surface area (Å²) in [5, 5.41) is 12.1. The van der Waals surface area contributed by atoms with Gasteiger partial charge in [-0.15, -0.1) is 0 Å². The van der Waals surface area contributed by atoms with E-state index < -0.39 is 5.97 Å². The molecule has 116 valence electrons. The highest BCUT2D eigenvalue weighted by atomic mass is 16.4. The van der Waals surface area contributed by atoms with Crippen LogP contribution in [-0.4, -0.2) is 23.0 Å². The molecule has 0 heterocycles. The third kappa shape index (κ3) is 5.93. The minimum Gasteiger partial charge on any atom is -0.481 e. The van der Waals surface area contributed by atoms with Gasteiger partial charge in [0.25, 0.3) is 0 Å². The van der Waals surface area contributed by atoms with Gasteiger partial charge in [0.1, 0.15) is 0 Å². The van der Waals surface area contributed by atoms with Crippen LogP contribution in [-0.2, 0) is 9.59 Å². The smallest absolute Gasteiger partial charge is 0.306 e. The Morgan fingerprint density at radius 2 is 1.85 bits per heavy atom. The predicted molar refractivity (Wildman–Crippen MR) is 79.4 cm³/mol. The van der Waals surface area contributed by atoms with E-state index in [1.54, 1.807) is 0 Å². The monoisotopic (exact) mass is 283 g/mol. The molecule has 0 aromatic heterocycles. The van der Waals surface area contributed by atoms with Gasteiger partial charge in [0.15, 0.2) is 0 Å². The topological polar surface area (TPSA) is 66.4 Å². The molecule has 0 saturated heterocycles. The van der Waals surface area contributed by atoms with Crippen LogP contribution in [0.15, 0.2) is 0 Å². The number of carbonyl (C=O) groups is 2. The summed E-state index contributed by atoms with van der Waals surface area (Å²) >= 11 is 0. The lowest BCUT2D eigenvalue weighted by Gasteiger charge is -2.28. The van der Waals surface area contributed by atoms with Crippen LogP contribution in [0.3, 0.4) is 0 Å². The molecule has 1 amide bonds. The van der Waals surface area contributed by atoms with Crippen molar-refractivity contribution in [3.05, 3.63) is 0 Å². The van der Waals surface area contributed by atoms with Crippen molar-refractivity contribution in [1.82, 2.24) is 5.32 Å². The van der Waals surface area contributed by atoms with Crippen LogP contribution in [0.2, 0.25) is 0 Å². The third-order valence-electron chi connectivity index (χ3n) is 4.11. The summed E-state index contributed by atoms with van der Waals surface area (Å²) in [4.78, 5) is 23.2. The van der Waals surface area contributed by atoms with Crippen molar-refractivity contribution in [2.45, 2.75) is 72.3 Å². The van der Waals surface area contributed by atoms with Crippen molar-refractivity contribution >= 4 is 11.9 Å². The second-order valence-corrected chi connectivity index (χ2v) is 7.41. The van der Waals surface area contributed by atoms with Gasteiger partial charge in [0.2, 0.25) is 5.91 Å². The van der Waals surface area contributed by atoms with Crippen LogP contribution in [0.4, 0.5) is 0 Å². The van der Waals surface area contributed by atoms with Crippen LogP contribution in [0.1, 0.15) is 66.2 Å². The fourth-order valence-corrected chi connectivity index (χ4v) is 2.73. The first-order valence-corrected chi connectivity index (χ1v) is 7.72. The maximum Gasteiger partial charge on any atom is 0.306 e. The molecule has 0 bridgehead atoms. The Morgan fingerprint density at radius 3 is 2.40 bits per heavy atom. The van der Waals surface area contributed by atoms with Crippen LogP contribution >= 0.6 is 0 Å². The summed E-state index contributed by atoms with van der Waals surface area (Å²) in [5.74, 6) is -1.19. The van der Waals surface area contributed by atoms with Gasteiger partial charge < -0.3 is 10.4 Å². The number of hydrogen-bond acceptors (Lipinski definition) is 2. The molecule has 20 heavy (non-hydrogen) atoms. The SMILES string of the molecule is CC(CCC(C)(C)C)NC(=O)C1CCCC(C(=O)O)C1. The molecule has 0 spiro atoms. The molecule has 1 rings (SSSR count). The molecular weight excluding hydrogens is 254 g/mol. The van der Waals surface area contributed by atoms with Crippen molar-refractivity contribution in [3.8, 4) is 0 Å². The molecule has 0 aliphatic heterocycles. The second kappa shape index (κ2) is 7.09. The Kier molecular flexibility index (Phi) is 6.03. The van der Waals surface area contributed by atoms with Crippen molar-refractivity contribution in [2.75, 3.05) is 0 Å². The summed E-state index contributed by atoms with van der Waals surface area (Å²) in [6, 6.07) is 0.159. The number of rotatable bonds is 5. The number of carboxylic acid groups (broad SMARTS) is 1. The van der Waals surface area contributed by atoms with Gasteiger partial charge in [0, 0.05) is 12.0 Å². The van der Waals surface area contributed by atoms with E-state index in [0.717, 1.165) is 25.7 Å². The van der Waals surface area contributed by atoms with Crippen molar-refractivity contribution < 1.29 is 14.7 Å². The van der Waals surface area contributed by atoms with Crippen molar-refractivity contribution in [3.63, 3.8) is 0 Å². The minimum atomic E-state index is -0.761. The molecule has 1 aliphatic rings. The Balaban J connectivity index is 2.40. The third-order valence-corrected chi connectivity index (χ3v) is 4.11. The zero-order valence-electron chi connectivity index (χ0n) is 13.2. The molecule has 2 N–H and O–H groups in total. The van der Waals surface area contributed by atoms with E-state index in [-0.39, 0.29) is 29.2 Å². The quantitative estimate of drug-likeness (QED) is 0.814. The Labute approximate surface area is 122 Å². The molecule has 1 saturated carbocycles. The number of carboxylic acids is 1. The lowest BCUT2D eigenvalue weighted by Crippen LogP contribution is -2.40. The number of hydrogen-bond donors (Lipinski definition) is 2. The van der Waals surface area contributed by atoms with E-state index in [0.29, 0.717) is 12.8 Å². The van der Waals surface area contributed by atoms with Gasteiger partial charge in [-0.25, -0.2) is 0 Å². The molecule has 4 heteroatoms. The van der Waals surface area contributed by atoms with Crippen molar-refractivity contribution in [2.24, 2.45) is 17.3 Å². The van der Waals surface area contributed by atoms with Gasteiger partial charge in [-0.3, -0.25) is 9.59 Å². The van der Waals surface area contributed by atoms with Crippen LogP contribution in [0.25, 0.3) is 0 Å². The molecular formula is C16H29NO3. The fraction of sp³-hybridized carbons (Fsp3) is 0.875. The number of amides is 1. The van der Waals surface area contributed by atoms with E-state index in [1.165, 1.54) is 0 Å². The highest BCUT2D eigenvalue weighted by Crippen LogP contribution is 2.29. The van der Waals surface area contributed by atoms with E-state index in [9.17, 15) is 9.59 Å². The molecule has 0 aromatic carbocycles. The average molecular weight is 283 g/mol. The first kappa shape index (κ1) is 17.0. The molecule has 1 fully saturated rings. The van der Waals surface area contributed by atoms with Gasteiger partial charge in [-0.1, -0.05) is 27.2 Å². The molecule has 0 aromatic rings. The summed E-state index contributed by atoms with van der Waals surface area (Å²) in [7, 11) is 0. The highest BCUT2D eigenvalue weighted by molar-refractivity contribution is 5.80. The normalized spacial score (nSPS) is 25.0. The zero-order chi connectivity index (χ0) is 15.3. The summed E-state index contributed by atoms with van der Waals surface area (Å²) in [6.07, 6.45) is 4.89. The number of nitrogens with one attached hydrogen (secondary N) is 1. The molecule has 3 unspecified atom stereocenters. The Morgan fingerprint density at radius 1 is 1.25 bits per heavy atom. The van der Waals surface area contributed by atoms with Crippen LogP contribution in [0, 0.1) is 17.3 Å². The maximum absolute atomic E-state index is 12.2. The largest absolute Gasteiger partial charge is 0.481 e. The lowest BCUT2D eigenvalue weighted by molar-refractivity contribution is -0.144. The van der Waals surface area contributed by atoms with Gasteiger partial charge in [-0.05, 0) is 44.4 Å². The Bertz CT molecular complexity index is 346. The number of aliphatic carboxylic acids is 1. The van der Waals surface area contributed by atoms with E-state index in [2.05, 4.69) is 26.1 Å². The van der Waals surface area contributed by atoms with Gasteiger partial charge in [-0.2, -0.15) is 0 Å². The summed E-state index contributed by atoms with van der Waals surface area (Å²) < 4.78 is 0. The zero-order valence-corrected chi connectivity index (χ0v) is 13.2. The first-order chi connectivity index (χ1) is 9.19. The average Bonchev–Trinajstić information content (AvgIpc) is 2.35. The Hall–Kier alpha value is -1.06. The molecule has 1 aliphatic carbocycles. The number of carbonyl (C=O) groups excluding carboxylic acids is 1. The van der Waals surface area contributed by atoms with E-state index in [4.69, 9.17) is 5.11 Å². The van der Waals surface area contributed by atoms with Gasteiger partial charge >= 0.3 is 5.97 Å². The first-order valence-electron chi connectivity index (χ1n) is 7.72. The van der Waals surface area contributed by atoms with Crippen molar-refractivity contribution in [1.29, 1.82) is 0 Å². The molecule has 4 nitrogen and oxygen atoms in total. The van der Waals surface area contributed by atoms with Gasteiger partial charge in [0.05, 0.1) is 5.92 Å². The highest BCUT2D eigenvalue weighted by Gasteiger charge is 2.31. The fourth-order valence-electron chi connectivity index (χ4n) is 2.73. The summed E-state index contributed by atoms with van der Waals surface area (Å²) in [5.41, 5.74) is 0.276. The van der Waals surface area contributed by atoms with E-state index in [1.807, 2.05) is 6.92 Å². The van der Waals surface area contributed by atoms with E-state index >= 15 is 0 Å². The maximum atomic E-state index is 12.2. The standard InChI is InChI=1S/C16H29NO3/c1-11(8-9-16(2,3)4)17-14(18)12-6-5-7-13(10-12)15(19)20/h11-13H,5-10H2,1-4H3,(H,17,18)(H,19,20). The molecule has 0 radical (unpaired) electrons. The minimum absolute atomic E-state index is 0.0392. The lowest BCUT2D eigenvalue weighted by atomic mass is 9.81.